The van der Waals surface area contributed by atoms with E-state index >= 15 is 0 Å². The maximum Gasteiger partial charge on any atom is 0.257 e. The highest BCUT2D eigenvalue weighted by Gasteiger charge is 2.29. The number of amides is 1. The van der Waals surface area contributed by atoms with Crippen LogP contribution < -0.4 is 4.74 Å². The van der Waals surface area contributed by atoms with Crippen LogP contribution in [0.5, 0.6) is 5.75 Å². The zero-order valence-electron chi connectivity index (χ0n) is 17.2. The first-order valence-electron chi connectivity index (χ1n) is 10.2. The van der Waals surface area contributed by atoms with E-state index in [1.165, 1.54) is 0 Å². The lowest BCUT2D eigenvalue weighted by Gasteiger charge is -2.31. The summed E-state index contributed by atoms with van der Waals surface area (Å²) in [4.78, 5) is 27.7. The summed E-state index contributed by atoms with van der Waals surface area (Å²) in [7, 11) is 1.61. The second kappa shape index (κ2) is 8.53. The van der Waals surface area contributed by atoms with E-state index in [0.29, 0.717) is 37.1 Å². The number of benzene rings is 2. The van der Waals surface area contributed by atoms with E-state index in [4.69, 9.17) is 4.74 Å². The minimum Gasteiger partial charge on any atom is -0.497 e. The van der Waals surface area contributed by atoms with Gasteiger partial charge in [0.15, 0.2) is 5.78 Å². The molecule has 0 spiro atoms. The van der Waals surface area contributed by atoms with Gasteiger partial charge in [0.2, 0.25) is 0 Å². The highest BCUT2D eigenvalue weighted by atomic mass is 16.5. The number of ketones is 1. The summed E-state index contributed by atoms with van der Waals surface area (Å²) in [5.74, 6) is 0.789. The van der Waals surface area contributed by atoms with Crippen LogP contribution in [-0.2, 0) is 0 Å². The minimum atomic E-state index is -0.0596. The first-order valence-corrected chi connectivity index (χ1v) is 10.2. The van der Waals surface area contributed by atoms with Crippen LogP contribution in [0, 0.1) is 12.8 Å². The number of rotatable bonds is 5. The van der Waals surface area contributed by atoms with E-state index < -0.39 is 0 Å². The zero-order chi connectivity index (χ0) is 21.1. The van der Waals surface area contributed by atoms with Crippen molar-refractivity contribution in [2.45, 2.75) is 19.8 Å². The van der Waals surface area contributed by atoms with Gasteiger partial charge in [0.25, 0.3) is 5.91 Å². The molecular weight excluding hydrogens is 378 g/mol. The Labute approximate surface area is 176 Å². The number of nitrogens with zero attached hydrogens (tertiary/aromatic N) is 3. The molecule has 0 atom stereocenters. The van der Waals surface area contributed by atoms with Gasteiger partial charge in [-0.05, 0) is 56.2 Å². The number of piperidine rings is 1. The van der Waals surface area contributed by atoms with Crippen molar-refractivity contribution in [1.29, 1.82) is 0 Å². The number of likely N-dealkylation sites (tertiary alicyclic amines) is 1. The molecule has 2 aromatic carbocycles. The highest BCUT2D eigenvalue weighted by molar-refractivity contribution is 5.98. The van der Waals surface area contributed by atoms with Gasteiger partial charge in [-0.3, -0.25) is 9.59 Å². The Balaban J connectivity index is 1.41. The molecule has 0 aliphatic carbocycles. The smallest absolute Gasteiger partial charge is 0.257 e. The second-order valence-electron chi connectivity index (χ2n) is 7.55. The van der Waals surface area contributed by atoms with E-state index in [9.17, 15) is 9.59 Å². The summed E-state index contributed by atoms with van der Waals surface area (Å²) in [6.07, 6.45) is 2.98. The third-order valence-corrected chi connectivity index (χ3v) is 5.77. The van der Waals surface area contributed by atoms with Gasteiger partial charge in [-0.1, -0.05) is 18.2 Å². The predicted octanol–water partition coefficient (Wildman–Crippen LogP) is 3.92. The van der Waals surface area contributed by atoms with Crippen LogP contribution in [0.15, 0.2) is 60.8 Å². The van der Waals surface area contributed by atoms with E-state index in [1.54, 1.807) is 42.3 Å². The molecule has 6 nitrogen and oxygen atoms in total. The lowest BCUT2D eigenvalue weighted by molar-refractivity contribution is 0.0649. The highest BCUT2D eigenvalue weighted by Crippen LogP contribution is 2.25. The number of aromatic nitrogens is 2. The van der Waals surface area contributed by atoms with Crippen LogP contribution in [0.3, 0.4) is 0 Å². The van der Waals surface area contributed by atoms with Crippen molar-refractivity contribution in [3.05, 3.63) is 77.6 Å². The molecule has 1 aliphatic heterocycles. The molecule has 0 N–H and O–H groups in total. The molecule has 1 amide bonds. The number of methoxy groups -OCH3 is 1. The van der Waals surface area contributed by atoms with Crippen LogP contribution in [-0.4, -0.2) is 46.6 Å². The molecule has 0 saturated carbocycles. The zero-order valence-corrected chi connectivity index (χ0v) is 17.2. The Kier molecular flexibility index (Phi) is 5.65. The fraction of sp³-hybridized carbons (Fsp3) is 0.292. The largest absolute Gasteiger partial charge is 0.497 e. The Morgan fingerprint density at radius 3 is 2.30 bits per heavy atom. The van der Waals surface area contributed by atoms with Gasteiger partial charge < -0.3 is 9.64 Å². The molecule has 0 unspecified atom stereocenters. The van der Waals surface area contributed by atoms with Gasteiger partial charge in [-0.2, -0.15) is 5.10 Å². The van der Waals surface area contributed by atoms with Crippen molar-refractivity contribution >= 4 is 11.7 Å². The molecule has 2 heterocycles. The maximum absolute atomic E-state index is 13.1. The van der Waals surface area contributed by atoms with Crippen molar-refractivity contribution in [2.75, 3.05) is 20.2 Å². The first kappa shape index (κ1) is 19.9. The van der Waals surface area contributed by atoms with Crippen LogP contribution in [0.1, 0.15) is 39.3 Å². The summed E-state index contributed by atoms with van der Waals surface area (Å²) in [6, 6.07) is 17.0. The van der Waals surface area contributed by atoms with Crippen molar-refractivity contribution in [1.82, 2.24) is 14.7 Å². The van der Waals surface area contributed by atoms with Crippen LogP contribution in [0.2, 0.25) is 0 Å². The van der Waals surface area contributed by atoms with Gasteiger partial charge in [0.05, 0.1) is 30.3 Å². The molecule has 0 radical (unpaired) electrons. The average Bonchev–Trinajstić information content (AvgIpc) is 3.20. The Hall–Kier alpha value is -3.41. The molecule has 30 heavy (non-hydrogen) atoms. The lowest BCUT2D eigenvalue weighted by atomic mass is 9.88. The van der Waals surface area contributed by atoms with Crippen molar-refractivity contribution in [3.8, 4) is 11.4 Å². The normalized spacial score (nSPS) is 14.5. The summed E-state index contributed by atoms with van der Waals surface area (Å²) in [5.41, 5.74) is 3.06. The Morgan fingerprint density at radius 2 is 1.67 bits per heavy atom. The first-order chi connectivity index (χ1) is 14.6. The van der Waals surface area contributed by atoms with Gasteiger partial charge in [0.1, 0.15) is 5.75 Å². The Bertz CT molecular complexity index is 1030. The van der Waals surface area contributed by atoms with Gasteiger partial charge in [0, 0.05) is 24.6 Å². The molecule has 154 valence electrons. The molecule has 3 aromatic rings. The number of ether oxygens (including phenoxy) is 1. The third kappa shape index (κ3) is 3.85. The van der Waals surface area contributed by atoms with Crippen molar-refractivity contribution < 1.29 is 14.3 Å². The second-order valence-corrected chi connectivity index (χ2v) is 7.55. The number of carbonyl (C=O) groups is 2. The fourth-order valence-electron chi connectivity index (χ4n) is 3.96. The topological polar surface area (TPSA) is 64.4 Å². The molecule has 1 aromatic heterocycles. The van der Waals surface area contributed by atoms with Crippen LogP contribution >= 0.6 is 0 Å². The summed E-state index contributed by atoms with van der Waals surface area (Å²) in [6.45, 7) is 3.05. The third-order valence-electron chi connectivity index (χ3n) is 5.77. The maximum atomic E-state index is 13.1. The summed E-state index contributed by atoms with van der Waals surface area (Å²) >= 11 is 0. The number of hydrogen-bond acceptors (Lipinski definition) is 4. The quantitative estimate of drug-likeness (QED) is 0.606. The summed E-state index contributed by atoms with van der Waals surface area (Å²) < 4.78 is 6.94. The fourth-order valence-corrected chi connectivity index (χ4v) is 3.96. The molecule has 0 bridgehead atoms. The standard InChI is InChI=1S/C24H25N3O3/c1-17-22(16-25-27(17)20-6-4-3-5-7-20)24(29)26-14-12-19(13-15-26)23(28)18-8-10-21(30-2)11-9-18/h3-11,16,19H,12-15H2,1-2H3. The van der Waals surface area contributed by atoms with Crippen LogP contribution in [0.4, 0.5) is 0 Å². The number of para-hydroxylation sites is 1. The van der Waals surface area contributed by atoms with Crippen molar-refractivity contribution in [3.63, 3.8) is 0 Å². The van der Waals surface area contributed by atoms with Crippen LogP contribution in [0.25, 0.3) is 5.69 Å². The molecule has 6 heteroatoms. The number of hydrogen-bond donors (Lipinski definition) is 0. The molecule has 4 rings (SSSR count). The number of Topliss-reactive ketones (excluding diaryl/α,β-unsaturated/α-hetero) is 1. The van der Waals surface area contributed by atoms with E-state index in [-0.39, 0.29) is 17.6 Å². The number of carbonyl (C=O) groups excluding carboxylic acids is 2. The van der Waals surface area contributed by atoms with E-state index in [2.05, 4.69) is 5.10 Å². The lowest BCUT2D eigenvalue weighted by Crippen LogP contribution is -2.40. The van der Waals surface area contributed by atoms with Gasteiger partial charge >= 0.3 is 0 Å². The minimum absolute atomic E-state index is 0.0231. The molecule has 1 saturated heterocycles. The van der Waals surface area contributed by atoms with E-state index in [1.807, 2.05) is 42.2 Å². The van der Waals surface area contributed by atoms with Gasteiger partial charge in [-0.25, -0.2) is 4.68 Å². The van der Waals surface area contributed by atoms with E-state index in [0.717, 1.165) is 17.1 Å². The van der Waals surface area contributed by atoms with Crippen molar-refractivity contribution in [2.24, 2.45) is 5.92 Å². The molecule has 1 aliphatic rings. The molecule has 1 fully saturated rings. The van der Waals surface area contributed by atoms with Gasteiger partial charge in [-0.15, -0.1) is 0 Å². The summed E-state index contributed by atoms with van der Waals surface area (Å²) in [5, 5.41) is 4.40. The Morgan fingerprint density at radius 1 is 1.00 bits per heavy atom. The molecular formula is C24H25N3O3. The predicted molar refractivity (Wildman–Crippen MR) is 114 cm³/mol. The monoisotopic (exact) mass is 403 g/mol. The SMILES string of the molecule is COc1ccc(C(=O)C2CCN(C(=O)c3cnn(-c4ccccc4)c3C)CC2)cc1. The average molecular weight is 403 g/mol.